The second-order valence-corrected chi connectivity index (χ2v) is 5.20. The van der Waals surface area contributed by atoms with Crippen LogP contribution in [0.5, 0.6) is 0 Å². The minimum absolute atomic E-state index is 0.0308. The summed E-state index contributed by atoms with van der Waals surface area (Å²) in [6, 6.07) is 0. The minimum atomic E-state index is -0.929. The first-order chi connectivity index (χ1) is 9.97. The van der Waals surface area contributed by atoms with Crippen LogP contribution in [-0.2, 0) is 19.1 Å². The van der Waals surface area contributed by atoms with Crippen molar-refractivity contribution in [3.8, 4) is 0 Å². The van der Waals surface area contributed by atoms with Crippen molar-refractivity contribution in [3.63, 3.8) is 0 Å². The molecule has 0 heterocycles. The number of nitrogens with one attached hydrogen (secondary N) is 1. The van der Waals surface area contributed by atoms with Gasteiger partial charge in [0.1, 0.15) is 6.10 Å². The Hall–Kier alpha value is -1.63. The lowest BCUT2D eigenvalue weighted by atomic mass is 9.95. The van der Waals surface area contributed by atoms with Crippen molar-refractivity contribution in [1.29, 1.82) is 5.41 Å². The number of hydrogen-bond acceptors (Lipinski definition) is 5. The molecule has 1 fully saturated rings. The molecule has 120 valence electrons. The van der Waals surface area contributed by atoms with E-state index in [1.54, 1.807) is 0 Å². The van der Waals surface area contributed by atoms with Gasteiger partial charge in [-0.25, -0.2) is 0 Å². The number of aliphatic carboxylic acids is 2. The molecule has 1 aliphatic carbocycles. The molecule has 0 unspecified atom stereocenters. The maximum Gasteiger partial charge on any atom is 0.303 e. The van der Waals surface area contributed by atoms with E-state index < -0.39 is 11.9 Å². The van der Waals surface area contributed by atoms with E-state index in [2.05, 4.69) is 0 Å². The molecule has 0 aromatic rings. The summed E-state index contributed by atoms with van der Waals surface area (Å²) >= 11 is 0. The number of carbonyl (C=O) groups is 2. The zero-order valence-electron chi connectivity index (χ0n) is 12.0. The molecule has 7 nitrogen and oxygen atoms in total. The highest BCUT2D eigenvalue weighted by Crippen LogP contribution is 2.24. The van der Waals surface area contributed by atoms with Crippen molar-refractivity contribution in [2.45, 2.75) is 63.6 Å². The quantitative estimate of drug-likeness (QED) is 0.341. The van der Waals surface area contributed by atoms with E-state index in [4.69, 9.17) is 25.1 Å². The molecule has 21 heavy (non-hydrogen) atoms. The summed E-state index contributed by atoms with van der Waals surface area (Å²) in [6.45, 7) is 0.455. The molecule has 0 bridgehead atoms. The number of rotatable bonds is 9. The second-order valence-electron chi connectivity index (χ2n) is 5.20. The average molecular weight is 301 g/mol. The van der Waals surface area contributed by atoms with Crippen LogP contribution in [0, 0.1) is 5.41 Å². The smallest absolute Gasteiger partial charge is 0.303 e. The molecule has 0 aromatic carbocycles. The van der Waals surface area contributed by atoms with Crippen molar-refractivity contribution in [2.24, 2.45) is 0 Å². The van der Waals surface area contributed by atoms with Gasteiger partial charge in [-0.3, -0.25) is 15.0 Å². The first-order valence-electron chi connectivity index (χ1n) is 7.26. The molecule has 7 heteroatoms. The molecule has 1 aliphatic rings. The normalized spacial score (nSPS) is 21.7. The largest absolute Gasteiger partial charge is 0.481 e. The lowest BCUT2D eigenvalue weighted by Crippen LogP contribution is -2.28. The Balaban J connectivity index is 2.10. The van der Waals surface area contributed by atoms with Crippen LogP contribution in [0.15, 0.2) is 0 Å². The summed E-state index contributed by atoms with van der Waals surface area (Å²) in [5, 5.41) is 24.6. The highest BCUT2D eigenvalue weighted by atomic mass is 16.5. The lowest BCUT2D eigenvalue weighted by Gasteiger charge is -2.29. The molecule has 0 amide bonds. The molecule has 3 N–H and O–H groups in total. The maximum atomic E-state index is 10.4. The zero-order chi connectivity index (χ0) is 15.7. The van der Waals surface area contributed by atoms with E-state index in [0.717, 1.165) is 25.7 Å². The third kappa shape index (κ3) is 8.29. The molecule has 0 saturated heterocycles. The van der Waals surface area contributed by atoms with E-state index in [0.29, 0.717) is 13.0 Å². The molecule has 0 aromatic heterocycles. The molecule has 0 atom stereocenters. The fourth-order valence-corrected chi connectivity index (χ4v) is 2.27. The predicted molar refractivity (Wildman–Crippen MR) is 74.5 cm³/mol. The third-order valence-electron chi connectivity index (χ3n) is 3.38. The van der Waals surface area contributed by atoms with Crippen LogP contribution < -0.4 is 0 Å². The number of ether oxygens (including phenoxy) is 2. The van der Waals surface area contributed by atoms with Gasteiger partial charge >= 0.3 is 11.9 Å². The molecular weight excluding hydrogens is 278 g/mol. The maximum absolute atomic E-state index is 10.4. The van der Waals surface area contributed by atoms with Crippen molar-refractivity contribution in [2.75, 3.05) is 6.61 Å². The van der Waals surface area contributed by atoms with E-state index in [1.807, 2.05) is 0 Å². The summed E-state index contributed by atoms with van der Waals surface area (Å²) in [5.74, 6) is -1.71. The van der Waals surface area contributed by atoms with Crippen LogP contribution in [0.2, 0.25) is 0 Å². The SMILES string of the molecule is N=C(CCC(=O)O)OC1CCC(OCCCC(=O)O)CC1. The Morgan fingerprint density at radius 3 is 2.10 bits per heavy atom. The fraction of sp³-hybridized carbons (Fsp3) is 0.786. The van der Waals surface area contributed by atoms with Gasteiger partial charge in [0, 0.05) is 19.4 Å². The Morgan fingerprint density at radius 2 is 1.52 bits per heavy atom. The second kappa shape index (κ2) is 9.33. The van der Waals surface area contributed by atoms with Crippen molar-refractivity contribution in [1.82, 2.24) is 0 Å². The molecule has 1 rings (SSSR count). The van der Waals surface area contributed by atoms with Crippen LogP contribution in [0.1, 0.15) is 51.4 Å². The average Bonchev–Trinajstić information content (AvgIpc) is 2.43. The number of carboxylic acid groups (broad SMARTS) is 2. The number of carboxylic acids is 2. The molecule has 0 aliphatic heterocycles. The van der Waals surface area contributed by atoms with Crippen LogP contribution in [0.4, 0.5) is 0 Å². The highest BCUT2D eigenvalue weighted by Gasteiger charge is 2.23. The summed E-state index contributed by atoms with van der Waals surface area (Å²) < 4.78 is 11.0. The van der Waals surface area contributed by atoms with E-state index in [1.165, 1.54) is 0 Å². The minimum Gasteiger partial charge on any atom is -0.481 e. The molecular formula is C14H23NO6. The summed E-state index contributed by atoms with van der Waals surface area (Å²) in [4.78, 5) is 20.8. The third-order valence-corrected chi connectivity index (χ3v) is 3.38. The van der Waals surface area contributed by atoms with Crippen LogP contribution >= 0.6 is 0 Å². The first kappa shape index (κ1) is 17.4. The Kier molecular flexibility index (Phi) is 7.74. The van der Waals surface area contributed by atoms with Crippen LogP contribution in [-0.4, -0.2) is 46.9 Å². The summed E-state index contributed by atoms with van der Waals surface area (Å²) in [7, 11) is 0. The lowest BCUT2D eigenvalue weighted by molar-refractivity contribution is -0.138. The zero-order valence-corrected chi connectivity index (χ0v) is 12.0. The van der Waals surface area contributed by atoms with Gasteiger partial charge in [0.2, 0.25) is 0 Å². The molecule has 0 radical (unpaired) electrons. The van der Waals surface area contributed by atoms with E-state index >= 15 is 0 Å². The van der Waals surface area contributed by atoms with E-state index in [9.17, 15) is 9.59 Å². The van der Waals surface area contributed by atoms with E-state index in [-0.39, 0.29) is 37.4 Å². The van der Waals surface area contributed by atoms with Crippen LogP contribution in [0.3, 0.4) is 0 Å². The Labute approximate surface area is 123 Å². The van der Waals surface area contributed by atoms with Gasteiger partial charge in [-0.15, -0.1) is 0 Å². The first-order valence-corrected chi connectivity index (χ1v) is 7.26. The van der Waals surface area contributed by atoms with Gasteiger partial charge in [0.15, 0.2) is 5.90 Å². The highest BCUT2D eigenvalue weighted by molar-refractivity contribution is 5.78. The van der Waals surface area contributed by atoms with Gasteiger partial charge in [0.05, 0.1) is 12.5 Å². The predicted octanol–water partition coefficient (Wildman–Crippen LogP) is 2.04. The molecule has 0 spiro atoms. The fourth-order valence-electron chi connectivity index (χ4n) is 2.27. The Morgan fingerprint density at radius 1 is 0.952 bits per heavy atom. The van der Waals surface area contributed by atoms with Gasteiger partial charge < -0.3 is 19.7 Å². The van der Waals surface area contributed by atoms with Gasteiger partial charge in [0.25, 0.3) is 0 Å². The topological polar surface area (TPSA) is 117 Å². The monoisotopic (exact) mass is 301 g/mol. The van der Waals surface area contributed by atoms with Crippen molar-refractivity contribution < 1.29 is 29.3 Å². The van der Waals surface area contributed by atoms with Crippen LogP contribution in [0.25, 0.3) is 0 Å². The van der Waals surface area contributed by atoms with Gasteiger partial charge in [-0.05, 0) is 32.1 Å². The number of hydrogen-bond donors (Lipinski definition) is 3. The Bertz CT molecular complexity index is 362. The standard InChI is InChI=1S/C14H23NO6/c15-12(7-8-14(18)19)21-11-5-3-10(4-6-11)20-9-1-2-13(16)17/h10-11,15H,1-9H2,(H,16,17)(H,18,19). The molecule has 1 saturated carbocycles. The van der Waals surface area contributed by atoms with Gasteiger partial charge in [-0.2, -0.15) is 0 Å². The summed E-state index contributed by atoms with van der Waals surface area (Å²) in [6.07, 6.45) is 3.98. The van der Waals surface area contributed by atoms with Gasteiger partial charge in [-0.1, -0.05) is 0 Å². The summed E-state index contributed by atoms with van der Waals surface area (Å²) in [5.41, 5.74) is 0. The van der Waals surface area contributed by atoms with Crippen molar-refractivity contribution >= 4 is 17.8 Å². The van der Waals surface area contributed by atoms with Crippen molar-refractivity contribution in [3.05, 3.63) is 0 Å².